The van der Waals surface area contributed by atoms with E-state index in [1.807, 2.05) is 17.9 Å². The van der Waals surface area contributed by atoms with Gasteiger partial charge in [-0.3, -0.25) is 23.9 Å². The Hall–Kier alpha value is -4.36. The minimum Gasteiger partial charge on any atom is -0.434 e. The highest BCUT2D eigenvalue weighted by Crippen LogP contribution is 2.26. The molecule has 3 heterocycles. The number of nitrogens with zero attached hydrogens (tertiary/aromatic N) is 6. The molecule has 2 atom stereocenters. The normalized spacial score (nSPS) is 16.4. The third-order valence-corrected chi connectivity index (χ3v) is 7.30. The predicted molar refractivity (Wildman–Crippen MR) is 147 cm³/mol. The number of carbonyl (C=O) groups excluding carboxylic acids is 1. The molecule has 2 N–H and O–H groups in total. The van der Waals surface area contributed by atoms with Gasteiger partial charge in [0.1, 0.15) is 11.6 Å². The van der Waals surface area contributed by atoms with Crippen LogP contribution in [0.15, 0.2) is 59.7 Å². The van der Waals surface area contributed by atoms with Crippen LogP contribution in [0.3, 0.4) is 0 Å². The second-order valence-electron chi connectivity index (χ2n) is 9.89. The highest BCUT2D eigenvalue weighted by atomic mass is 19.3. The SMILES string of the molecule is C[C@@H]1CN(c2cnc(-c3ccc4c(=O)n(C)n(Cc5ccccc5OC(F)F)c4c3)cn2)CCN1C(=O)[C@H](O)CO. The van der Waals surface area contributed by atoms with Gasteiger partial charge in [-0.15, -0.1) is 0 Å². The molecule has 0 radical (unpaired) electrons. The molecule has 216 valence electrons. The van der Waals surface area contributed by atoms with Crippen LogP contribution in [0, 0.1) is 0 Å². The number of halogens is 2. The van der Waals surface area contributed by atoms with Crippen LogP contribution in [0.5, 0.6) is 5.75 Å². The molecule has 0 bridgehead atoms. The van der Waals surface area contributed by atoms with Gasteiger partial charge < -0.3 is 24.7 Å². The van der Waals surface area contributed by atoms with Gasteiger partial charge in [-0.25, -0.2) is 4.98 Å². The molecule has 1 fully saturated rings. The Labute approximate surface area is 233 Å². The minimum absolute atomic E-state index is 0.0403. The maximum Gasteiger partial charge on any atom is 0.387 e. The zero-order chi connectivity index (χ0) is 29.3. The molecular formula is C28H30F2N6O5. The number of amides is 1. The molecule has 0 aliphatic carbocycles. The molecule has 4 aromatic rings. The first-order valence-electron chi connectivity index (χ1n) is 13.1. The summed E-state index contributed by atoms with van der Waals surface area (Å²) in [6, 6.07) is 11.6. The zero-order valence-corrected chi connectivity index (χ0v) is 22.5. The monoisotopic (exact) mass is 568 g/mol. The average molecular weight is 569 g/mol. The van der Waals surface area contributed by atoms with Gasteiger partial charge in [0.2, 0.25) is 0 Å². The minimum atomic E-state index is -2.97. The van der Waals surface area contributed by atoms with Crippen LogP contribution >= 0.6 is 0 Å². The van der Waals surface area contributed by atoms with Crippen LogP contribution in [-0.4, -0.2) is 85.4 Å². The van der Waals surface area contributed by atoms with E-state index in [-0.39, 0.29) is 23.9 Å². The number of aliphatic hydroxyl groups is 2. The number of ether oxygens (including phenoxy) is 1. The quantitative estimate of drug-likeness (QED) is 0.330. The Morgan fingerprint density at radius 2 is 1.93 bits per heavy atom. The number of aliphatic hydroxyl groups excluding tert-OH is 2. The fourth-order valence-corrected chi connectivity index (χ4v) is 5.13. The molecule has 1 amide bonds. The first-order chi connectivity index (χ1) is 19.7. The lowest BCUT2D eigenvalue weighted by molar-refractivity contribution is -0.144. The fraction of sp³-hybridized carbons (Fsp3) is 0.357. The molecule has 1 aliphatic heterocycles. The molecule has 1 aliphatic rings. The van der Waals surface area contributed by atoms with Crippen molar-refractivity contribution >= 4 is 22.6 Å². The van der Waals surface area contributed by atoms with Crippen LogP contribution in [0.25, 0.3) is 22.2 Å². The summed E-state index contributed by atoms with van der Waals surface area (Å²) in [6.07, 6.45) is 1.84. The van der Waals surface area contributed by atoms with Crippen molar-refractivity contribution < 1.29 is 28.5 Å². The highest BCUT2D eigenvalue weighted by molar-refractivity contribution is 5.84. The summed E-state index contributed by atoms with van der Waals surface area (Å²) in [7, 11) is 1.62. The predicted octanol–water partition coefficient (Wildman–Crippen LogP) is 1.84. The summed E-state index contributed by atoms with van der Waals surface area (Å²) >= 11 is 0. The van der Waals surface area contributed by atoms with Crippen molar-refractivity contribution in [3.05, 3.63) is 70.8 Å². The number of hydrogen-bond acceptors (Lipinski definition) is 8. The standard InChI is InChI=1S/C28H30F2N6O5/c1-17-14-34(9-10-35(17)27(40)23(38)16-37)25-13-31-21(12-32-25)18-7-8-20-22(11-18)36(33(2)26(20)39)15-19-5-3-4-6-24(19)41-28(29)30/h3-8,11-13,17,23,28,37-38H,9-10,14-16H2,1-2H3/t17-,23-/m1/s1. The lowest BCUT2D eigenvalue weighted by Gasteiger charge is -2.40. The number of rotatable bonds is 8. The van der Waals surface area contributed by atoms with Crippen molar-refractivity contribution in [2.45, 2.75) is 32.2 Å². The van der Waals surface area contributed by atoms with Crippen molar-refractivity contribution in [1.29, 1.82) is 0 Å². The number of hydrogen-bond donors (Lipinski definition) is 2. The van der Waals surface area contributed by atoms with Gasteiger partial charge in [0, 0.05) is 43.9 Å². The van der Waals surface area contributed by atoms with E-state index >= 15 is 0 Å². The van der Waals surface area contributed by atoms with E-state index in [4.69, 9.17) is 5.11 Å². The van der Waals surface area contributed by atoms with E-state index in [1.54, 1.807) is 59.4 Å². The van der Waals surface area contributed by atoms with Crippen molar-refractivity contribution in [2.24, 2.45) is 7.05 Å². The molecule has 13 heteroatoms. The largest absolute Gasteiger partial charge is 0.434 e. The Bertz CT molecular complexity index is 1610. The second kappa shape index (κ2) is 11.6. The lowest BCUT2D eigenvalue weighted by Crippen LogP contribution is -2.57. The van der Waals surface area contributed by atoms with Crippen LogP contribution < -0.4 is 15.2 Å². The number of para-hydroxylation sites is 1. The number of carbonyl (C=O) groups is 1. The average Bonchev–Trinajstić information content (AvgIpc) is 3.21. The van der Waals surface area contributed by atoms with Crippen LogP contribution in [0.2, 0.25) is 0 Å². The van der Waals surface area contributed by atoms with E-state index in [0.29, 0.717) is 47.6 Å². The van der Waals surface area contributed by atoms with Crippen molar-refractivity contribution in [3.8, 4) is 17.0 Å². The first kappa shape index (κ1) is 28.2. The van der Waals surface area contributed by atoms with Gasteiger partial charge in [0.15, 0.2) is 6.10 Å². The Morgan fingerprint density at radius 1 is 1.15 bits per heavy atom. The van der Waals surface area contributed by atoms with E-state index in [9.17, 15) is 23.5 Å². The number of piperazine rings is 1. The Balaban J connectivity index is 1.39. The van der Waals surface area contributed by atoms with Crippen LogP contribution in [-0.2, 0) is 18.4 Å². The van der Waals surface area contributed by atoms with E-state index < -0.39 is 25.2 Å². The first-order valence-corrected chi connectivity index (χ1v) is 13.1. The summed E-state index contributed by atoms with van der Waals surface area (Å²) in [5, 5.41) is 19.3. The zero-order valence-electron chi connectivity index (χ0n) is 22.5. The molecule has 0 saturated carbocycles. The molecule has 0 unspecified atom stereocenters. The molecular weight excluding hydrogens is 538 g/mol. The molecule has 11 nitrogen and oxygen atoms in total. The molecule has 1 saturated heterocycles. The molecule has 2 aromatic heterocycles. The lowest BCUT2D eigenvalue weighted by atomic mass is 10.1. The fourth-order valence-electron chi connectivity index (χ4n) is 5.13. The molecule has 0 spiro atoms. The van der Waals surface area contributed by atoms with E-state index in [1.165, 1.54) is 10.7 Å². The Morgan fingerprint density at radius 3 is 2.61 bits per heavy atom. The van der Waals surface area contributed by atoms with Crippen molar-refractivity contribution in [1.82, 2.24) is 24.2 Å². The number of anilines is 1. The number of alkyl halides is 2. The third kappa shape index (κ3) is 5.63. The van der Waals surface area contributed by atoms with Crippen molar-refractivity contribution in [3.63, 3.8) is 0 Å². The van der Waals surface area contributed by atoms with Crippen LogP contribution in [0.1, 0.15) is 12.5 Å². The smallest absolute Gasteiger partial charge is 0.387 e. The summed E-state index contributed by atoms with van der Waals surface area (Å²) in [6.45, 7) is -0.254. The molecule has 41 heavy (non-hydrogen) atoms. The number of fused-ring (bicyclic) bond motifs is 1. The summed E-state index contributed by atoms with van der Waals surface area (Å²) in [4.78, 5) is 37.9. The van der Waals surface area contributed by atoms with Gasteiger partial charge in [0.25, 0.3) is 11.5 Å². The van der Waals surface area contributed by atoms with Gasteiger partial charge in [-0.2, -0.15) is 8.78 Å². The summed E-state index contributed by atoms with van der Waals surface area (Å²) in [5.41, 5.74) is 2.17. The number of benzene rings is 2. The van der Waals surface area contributed by atoms with Gasteiger partial charge >= 0.3 is 6.61 Å². The molecule has 5 rings (SSSR count). The summed E-state index contributed by atoms with van der Waals surface area (Å²) in [5.74, 6) is 0.170. The maximum absolute atomic E-state index is 12.9. The van der Waals surface area contributed by atoms with E-state index in [2.05, 4.69) is 14.7 Å². The Kier molecular flexibility index (Phi) is 7.99. The van der Waals surface area contributed by atoms with Crippen molar-refractivity contribution in [2.75, 3.05) is 31.1 Å². The second-order valence-corrected chi connectivity index (χ2v) is 9.89. The summed E-state index contributed by atoms with van der Waals surface area (Å²) < 4.78 is 33.7. The molecule has 2 aromatic carbocycles. The maximum atomic E-state index is 12.9. The number of aromatic nitrogens is 4. The van der Waals surface area contributed by atoms with Gasteiger partial charge in [0.05, 0.1) is 42.1 Å². The van der Waals surface area contributed by atoms with Gasteiger partial charge in [-0.05, 0) is 25.1 Å². The van der Waals surface area contributed by atoms with Crippen LogP contribution in [0.4, 0.5) is 14.6 Å². The highest BCUT2D eigenvalue weighted by Gasteiger charge is 2.31. The van der Waals surface area contributed by atoms with E-state index in [0.717, 1.165) is 5.56 Å². The van der Waals surface area contributed by atoms with Gasteiger partial charge in [-0.1, -0.05) is 24.3 Å². The third-order valence-electron chi connectivity index (χ3n) is 7.30. The topological polar surface area (TPSA) is 126 Å².